The maximum Gasteiger partial charge on any atom is 0.250 e. The van der Waals surface area contributed by atoms with Gasteiger partial charge in [-0.05, 0) is 15.9 Å². The van der Waals surface area contributed by atoms with Gasteiger partial charge in [0.25, 0.3) is 0 Å². The first kappa shape index (κ1) is 8.00. The summed E-state index contributed by atoms with van der Waals surface area (Å²) in [5.74, 6) is -0.622. The smallest absolute Gasteiger partial charge is 0.250 e. The molecule has 0 aliphatic carbocycles. The zero-order valence-electron chi connectivity index (χ0n) is 5.43. The van der Waals surface area contributed by atoms with E-state index < -0.39 is 5.91 Å². The average Bonchev–Trinajstić information content (AvgIpc) is 1.94. The van der Waals surface area contributed by atoms with Gasteiger partial charge in [0.1, 0.15) is 0 Å². The van der Waals surface area contributed by atoms with E-state index in [1.165, 1.54) is 6.20 Å². The first-order chi connectivity index (χ1) is 5.11. The summed E-state index contributed by atoms with van der Waals surface area (Å²) in [4.78, 5) is 23.7. The molecule has 0 aliphatic rings. The Hall–Kier alpha value is -1.10. The van der Waals surface area contributed by atoms with E-state index in [-0.39, 0.29) is 11.1 Å². The van der Waals surface area contributed by atoms with Crippen molar-refractivity contribution >= 4 is 21.8 Å². The van der Waals surface area contributed by atoms with Crippen molar-refractivity contribution in [2.45, 2.75) is 0 Å². The number of H-pyrrole nitrogens is 1. The summed E-state index contributed by atoms with van der Waals surface area (Å²) >= 11 is 3.06. The second kappa shape index (κ2) is 2.87. The summed E-state index contributed by atoms with van der Waals surface area (Å²) in [6.45, 7) is 0. The maximum absolute atomic E-state index is 10.7. The maximum atomic E-state index is 10.7. The molecule has 4 nitrogen and oxygen atoms in total. The molecule has 1 aromatic rings. The molecule has 0 aliphatic heterocycles. The third-order valence-corrected chi connectivity index (χ3v) is 1.80. The lowest BCUT2D eigenvalue weighted by Crippen LogP contribution is -2.16. The Balaban J connectivity index is 3.35. The number of pyridine rings is 1. The van der Waals surface area contributed by atoms with Crippen molar-refractivity contribution in [3.05, 3.63) is 32.7 Å². The number of carbonyl (C=O) groups is 1. The molecular formula is C6H5BrN2O2. The van der Waals surface area contributed by atoms with Crippen LogP contribution in [0.25, 0.3) is 0 Å². The van der Waals surface area contributed by atoms with Gasteiger partial charge in [-0.1, -0.05) is 0 Å². The Labute approximate surface area is 70.5 Å². The Bertz CT molecular complexity index is 345. The molecule has 0 atom stereocenters. The van der Waals surface area contributed by atoms with Crippen LogP contribution in [0, 0.1) is 0 Å². The van der Waals surface area contributed by atoms with Gasteiger partial charge >= 0.3 is 0 Å². The molecule has 0 saturated carbocycles. The monoisotopic (exact) mass is 216 g/mol. The van der Waals surface area contributed by atoms with Gasteiger partial charge in [0.2, 0.25) is 11.5 Å². The fourth-order valence-electron chi connectivity index (χ4n) is 0.643. The zero-order chi connectivity index (χ0) is 8.43. The minimum atomic E-state index is -0.622. The van der Waals surface area contributed by atoms with Crippen molar-refractivity contribution in [3.8, 4) is 0 Å². The zero-order valence-corrected chi connectivity index (χ0v) is 7.01. The van der Waals surface area contributed by atoms with Gasteiger partial charge in [-0.25, -0.2) is 0 Å². The topological polar surface area (TPSA) is 76.0 Å². The van der Waals surface area contributed by atoms with E-state index in [4.69, 9.17) is 5.73 Å². The van der Waals surface area contributed by atoms with Crippen LogP contribution in [0.1, 0.15) is 10.4 Å². The van der Waals surface area contributed by atoms with Crippen LogP contribution < -0.4 is 11.3 Å². The average molecular weight is 217 g/mol. The number of primary amides is 1. The summed E-state index contributed by atoms with van der Waals surface area (Å²) in [7, 11) is 0. The number of aromatic amines is 1. The van der Waals surface area contributed by atoms with Crippen molar-refractivity contribution in [2.75, 3.05) is 0 Å². The van der Waals surface area contributed by atoms with Crippen LogP contribution in [0.15, 0.2) is 21.5 Å². The minimum absolute atomic E-state index is 0.189. The molecule has 58 valence electrons. The highest BCUT2D eigenvalue weighted by Crippen LogP contribution is 2.11. The Morgan fingerprint density at radius 1 is 1.64 bits per heavy atom. The molecule has 1 amide bonds. The van der Waals surface area contributed by atoms with Gasteiger partial charge in [0.15, 0.2) is 0 Å². The number of aromatic nitrogens is 1. The largest absolute Gasteiger partial charge is 0.366 e. The van der Waals surface area contributed by atoms with Crippen LogP contribution in [0.3, 0.4) is 0 Å². The highest BCUT2D eigenvalue weighted by molar-refractivity contribution is 9.10. The van der Waals surface area contributed by atoms with Crippen LogP contribution >= 0.6 is 15.9 Å². The van der Waals surface area contributed by atoms with Gasteiger partial charge in [-0.3, -0.25) is 9.59 Å². The molecule has 0 fully saturated rings. The Morgan fingerprint density at radius 2 is 2.27 bits per heavy atom. The van der Waals surface area contributed by atoms with E-state index in [9.17, 15) is 9.59 Å². The van der Waals surface area contributed by atoms with Gasteiger partial charge in [0.05, 0.1) is 5.56 Å². The molecule has 3 N–H and O–H groups in total. The third kappa shape index (κ3) is 1.68. The van der Waals surface area contributed by atoms with E-state index in [2.05, 4.69) is 20.9 Å². The molecule has 1 aromatic heterocycles. The lowest BCUT2D eigenvalue weighted by Gasteiger charge is -1.95. The third-order valence-electron chi connectivity index (χ3n) is 1.14. The summed E-state index contributed by atoms with van der Waals surface area (Å²) < 4.78 is 0.490. The number of carbonyl (C=O) groups excluding carboxylic acids is 1. The van der Waals surface area contributed by atoms with Gasteiger partial charge in [-0.15, -0.1) is 0 Å². The predicted molar refractivity (Wildman–Crippen MR) is 43.3 cm³/mol. The number of nitrogens with two attached hydrogens (primary N) is 1. The number of rotatable bonds is 1. The van der Waals surface area contributed by atoms with Crippen molar-refractivity contribution in [1.82, 2.24) is 4.98 Å². The van der Waals surface area contributed by atoms with Crippen molar-refractivity contribution in [1.29, 1.82) is 0 Å². The number of halogens is 1. The van der Waals surface area contributed by atoms with Crippen molar-refractivity contribution in [2.24, 2.45) is 5.73 Å². The van der Waals surface area contributed by atoms with Crippen molar-refractivity contribution in [3.63, 3.8) is 0 Å². The standard InChI is InChI=1S/C6H5BrN2O2/c7-4-2-9-5(10)1-3(4)6(8)11/h1-2H,(H2,8,11)(H,9,10). The fourth-order valence-corrected chi connectivity index (χ4v) is 1.07. The first-order valence-corrected chi connectivity index (χ1v) is 3.58. The van der Waals surface area contributed by atoms with Crippen molar-refractivity contribution < 1.29 is 4.79 Å². The molecule has 0 spiro atoms. The SMILES string of the molecule is NC(=O)c1cc(=O)[nH]cc1Br. The van der Waals surface area contributed by atoms with Crippen LogP contribution in [0.4, 0.5) is 0 Å². The quantitative estimate of drug-likeness (QED) is 0.706. The number of amides is 1. The first-order valence-electron chi connectivity index (χ1n) is 2.79. The van der Waals surface area contributed by atoms with E-state index in [0.29, 0.717) is 4.47 Å². The fraction of sp³-hybridized carbons (Fsp3) is 0. The summed E-state index contributed by atoms with van der Waals surface area (Å²) in [6.07, 6.45) is 1.38. The second-order valence-corrected chi connectivity index (χ2v) is 2.78. The molecule has 0 radical (unpaired) electrons. The lowest BCUT2D eigenvalue weighted by atomic mass is 10.2. The molecule has 1 rings (SSSR count). The minimum Gasteiger partial charge on any atom is -0.366 e. The second-order valence-electron chi connectivity index (χ2n) is 1.92. The Morgan fingerprint density at radius 3 is 2.73 bits per heavy atom. The summed E-state index contributed by atoms with van der Waals surface area (Å²) in [5, 5.41) is 0. The molecule has 1 heterocycles. The molecule has 11 heavy (non-hydrogen) atoms. The van der Waals surface area contributed by atoms with Gasteiger partial charge in [0, 0.05) is 16.7 Å². The van der Waals surface area contributed by atoms with Gasteiger partial charge < -0.3 is 10.7 Å². The van der Waals surface area contributed by atoms with Crippen LogP contribution in [-0.2, 0) is 0 Å². The highest BCUT2D eigenvalue weighted by Gasteiger charge is 2.05. The summed E-state index contributed by atoms with van der Waals surface area (Å²) in [5.41, 5.74) is 4.81. The molecule has 0 bridgehead atoms. The van der Waals surface area contributed by atoms with Crippen LogP contribution in [0.2, 0.25) is 0 Å². The normalized spacial score (nSPS) is 9.55. The molecule has 0 aromatic carbocycles. The predicted octanol–water partition coefficient (Wildman–Crippen LogP) is 0.236. The van der Waals surface area contributed by atoms with Gasteiger partial charge in [-0.2, -0.15) is 0 Å². The van der Waals surface area contributed by atoms with E-state index in [0.717, 1.165) is 6.07 Å². The lowest BCUT2D eigenvalue weighted by molar-refractivity contribution is 0.0999. The Kier molecular flexibility index (Phi) is 2.09. The number of nitrogens with one attached hydrogen (secondary N) is 1. The van der Waals surface area contributed by atoms with Crippen LogP contribution in [-0.4, -0.2) is 10.9 Å². The molecule has 0 saturated heterocycles. The number of hydrogen-bond acceptors (Lipinski definition) is 2. The van der Waals surface area contributed by atoms with E-state index in [1.54, 1.807) is 0 Å². The highest BCUT2D eigenvalue weighted by atomic mass is 79.9. The van der Waals surface area contributed by atoms with Crippen LogP contribution in [0.5, 0.6) is 0 Å². The van der Waals surface area contributed by atoms with E-state index in [1.807, 2.05) is 0 Å². The molecule has 5 heteroatoms. The van der Waals surface area contributed by atoms with E-state index >= 15 is 0 Å². The molecular weight excluding hydrogens is 212 g/mol. The summed E-state index contributed by atoms with van der Waals surface area (Å²) in [6, 6.07) is 1.15. The molecule has 0 unspecified atom stereocenters. The number of hydrogen-bond donors (Lipinski definition) is 2.